The number of nitrogens with zero attached hydrogens (tertiary/aromatic N) is 5. The van der Waals surface area contributed by atoms with E-state index < -0.39 is 0 Å². The lowest BCUT2D eigenvalue weighted by atomic mass is 10.1. The van der Waals surface area contributed by atoms with Gasteiger partial charge in [-0.25, -0.2) is 9.67 Å². The van der Waals surface area contributed by atoms with E-state index in [0.717, 1.165) is 45.0 Å². The molecule has 1 aliphatic rings. The zero-order chi connectivity index (χ0) is 17.9. The minimum Gasteiger partial charge on any atom is -0.297 e. The van der Waals surface area contributed by atoms with Gasteiger partial charge in [-0.3, -0.25) is 9.80 Å². The lowest BCUT2D eigenvalue weighted by Crippen LogP contribution is -2.45. The van der Waals surface area contributed by atoms with E-state index in [-0.39, 0.29) is 0 Å². The zero-order valence-corrected chi connectivity index (χ0v) is 17.2. The Morgan fingerprint density at radius 1 is 1.08 bits per heavy atom. The highest BCUT2D eigenvalue weighted by atomic mass is 79.9. The summed E-state index contributed by atoms with van der Waals surface area (Å²) in [5.41, 5.74) is 3.69. The van der Waals surface area contributed by atoms with Gasteiger partial charge in [0.2, 0.25) is 0 Å². The Hall–Kier alpha value is -1.54. The molecule has 0 bridgehead atoms. The Labute approximate surface area is 166 Å². The van der Waals surface area contributed by atoms with Gasteiger partial charge in [0.15, 0.2) is 0 Å². The molecule has 1 aromatic carbocycles. The Morgan fingerprint density at radius 3 is 2.46 bits per heavy atom. The van der Waals surface area contributed by atoms with Gasteiger partial charge in [-0.2, -0.15) is 5.10 Å². The highest BCUT2D eigenvalue weighted by Crippen LogP contribution is 2.25. The Bertz CT molecular complexity index is 853. The van der Waals surface area contributed by atoms with Crippen LogP contribution >= 0.6 is 27.3 Å². The zero-order valence-electron chi connectivity index (χ0n) is 14.8. The van der Waals surface area contributed by atoms with E-state index in [1.807, 2.05) is 16.0 Å². The van der Waals surface area contributed by atoms with Crippen molar-refractivity contribution in [1.29, 1.82) is 0 Å². The van der Waals surface area contributed by atoms with Crippen LogP contribution in [-0.4, -0.2) is 50.7 Å². The monoisotopic (exact) mass is 431 g/mol. The maximum atomic E-state index is 4.22. The molecule has 1 saturated heterocycles. The quantitative estimate of drug-likeness (QED) is 0.616. The van der Waals surface area contributed by atoms with E-state index >= 15 is 0 Å². The lowest BCUT2D eigenvalue weighted by Gasteiger charge is -2.34. The van der Waals surface area contributed by atoms with Gasteiger partial charge in [-0.15, -0.1) is 11.3 Å². The number of halogens is 1. The predicted octanol–water partition coefficient (Wildman–Crippen LogP) is 3.72. The second-order valence-corrected chi connectivity index (χ2v) is 8.56. The first kappa shape index (κ1) is 17.9. The number of hydrogen-bond acceptors (Lipinski definition) is 5. The number of hydrogen-bond donors (Lipinski definition) is 0. The minimum atomic E-state index is 1.01. The molecular formula is C19H22BrN5S. The molecule has 0 atom stereocenters. The van der Waals surface area contributed by atoms with Gasteiger partial charge in [-0.1, -0.05) is 12.1 Å². The summed E-state index contributed by atoms with van der Waals surface area (Å²) in [5, 5.41) is 6.38. The van der Waals surface area contributed by atoms with E-state index in [1.54, 1.807) is 12.7 Å². The fraction of sp³-hybridized carbons (Fsp3) is 0.368. The normalized spacial score (nSPS) is 16.2. The van der Waals surface area contributed by atoms with Crippen LogP contribution < -0.4 is 0 Å². The van der Waals surface area contributed by atoms with E-state index in [4.69, 9.17) is 0 Å². The molecule has 7 heteroatoms. The predicted molar refractivity (Wildman–Crippen MR) is 109 cm³/mol. The van der Waals surface area contributed by atoms with Crippen LogP contribution in [-0.2, 0) is 13.1 Å². The van der Waals surface area contributed by atoms with E-state index in [9.17, 15) is 0 Å². The molecular weight excluding hydrogens is 410 g/mol. The maximum Gasteiger partial charge on any atom is 0.138 e. The second kappa shape index (κ2) is 8.00. The van der Waals surface area contributed by atoms with E-state index in [2.05, 4.69) is 72.4 Å². The molecule has 0 amide bonds. The first-order chi connectivity index (χ1) is 12.7. The summed E-state index contributed by atoms with van der Waals surface area (Å²) >= 11 is 5.47. The maximum absolute atomic E-state index is 4.22. The first-order valence-corrected chi connectivity index (χ1v) is 10.5. The number of thiophene rings is 1. The van der Waals surface area contributed by atoms with Gasteiger partial charge in [0.05, 0.1) is 5.69 Å². The third-order valence-electron chi connectivity index (χ3n) is 4.86. The molecule has 1 fully saturated rings. The Balaban J connectivity index is 1.33. The summed E-state index contributed by atoms with van der Waals surface area (Å²) in [6, 6.07) is 8.76. The molecule has 0 saturated carbocycles. The van der Waals surface area contributed by atoms with Crippen molar-refractivity contribution in [3.8, 4) is 5.69 Å². The van der Waals surface area contributed by atoms with Gasteiger partial charge in [0, 0.05) is 48.6 Å². The first-order valence-electron chi connectivity index (χ1n) is 8.80. The van der Waals surface area contributed by atoms with Crippen molar-refractivity contribution in [3.05, 3.63) is 62.8 Å². The van der Waals surface area contributed by atoms with Crippen molar-refractivity contribution >= 4 is 27.3 Å². The van der Waals surface area contributed by atoms with Crippen LogP contribution in [0.2, 0.25) is 0 Å². The largest absolute Gasteiger partial charge is 0.297 e. The van der Waals surface area contributed by atoms with Crippen LogP contribution in [0.3, 0.4) is 0 Å². The highest BCUT2D eigenvalue weighted by molar-refractivity contribution is 9.10. The van der Waals surface area contributed by atoms with Crippen LogP contribution in [0, 0.1) is 6.92 Å². The number of aromatic nitrogens is 3. The van der Waals surface area contributed by atoms with Crippen LogP contribution in [0.1, 0.15) is 16.0 Å². The number of piperazine rings is 1. The number of benzene rings is 1. The molecule has 3 aromatic rings. The highest BCUT2D eigenvalue weighted by Gasteiger charge is 2.18. The summed E-state index contributed by atoms with van der Waals surface area (Å²) in [7, 11) is 0. The summed E-state index contributed by atoms with van der Waals surface area (Å²) in [6.45, 7) is 8.69. The third-order valence-corrected chi connectivity index (χ3v) is 6.77. The van der Waals surface area contributed by atoms with Crippen molar-refractivity contribution in [3.63, 3.8) is 0 Å². The van der Waals surface area contributed by atoms with Crippen molar-refractivity contribution < 1.29 is 0 Å². The molecule has 5 nitrogen and oxygen atoms in total. The summed E-state index contributed by atoms with van der Waals surface area (Å²) in [5.74, 6) is 0. The summed E-state index contributed by atoms with van der Waals surface area (Å²) in [6.07, 6.45) is 3.31. The Kier molecular flexibility index (Phi) is 5.49. The molecule has 2 aromatic heterocycles. The Morgan fingerprint density at radius 2 is 1.85 bits per heavy atom. The smallest absolute Gasteiger partial charge is 0.138 e. The topological polar surface area (TPSA) is 37.2 Å². The van der Waals surface area contributed by atoms with E-state index in [0.29, 0.717) is 0 Å². The van der Waals surface area contributed by atoms with Gasteiger partial charge >= 0.3 is 0 Å². The van der Waals surface area contributed by atoms with Crippen molar-refractivity contribution in [2.24, 2.45) is 0 Å². The molecule has 0 radical (unpaired) electrons. The van der Waals surface area contributed by atoms with Crippen molar-refractivity contribution in [2.75, 3.05) is 26.2 Å². The van der Waals surface area contributed by atoms with Crippen LogP contribution in [0.4, 0.5) is 0 Å². The molecule has 26 heavy (non-hydrogen) atoms. The molecule has 0 N–H and O–H groups in total. The molecule has 136 valence electrons. The van der Waals surface area contributed by atoms with Gasteiger partial charge in [-0.05, 0) is 51.5 Å². The lowest BCUT2D eigenvalue weighted by molar-refractivity contribution is 0.122. The van der Waals surface area contributed by atoms with Gasteiger partial charge in [0.25, 0.3) is 0 Å². The van der Waals surface area contributed by atoms with Crippen LogP contribution in [0.5, 0.6) is 0 Å². The standard InChI is InChI=1S/C19H22BrN5S/c1-15-10-16(2-3-18(15)25-14-21-13-22-25)11-23-5-7-24(8-6-23)12-19-17(20)4-9-26-19/h2-4,9-10,13-14H,5-8,11-12H2,1H3. The number of rotatable bonds is 5. The molecule has 1 aliphatic heterocycles. The average Bonchev–Trinajstić information content (AvgIpc) is 3.29. The molecule has 0 spiro atoms. The van der Waals surface area contributed by atoms with Gasteiger partial charge < -0.3 is 0 Å². The van der Waals surface area contributed by atoms with Crippen LogP contribution in [0.25, 0.3) is 5.69 Å². The van der Waals surface area contributed by atoms with Gasteiger partial charge in [0.1, 0.15) is 12.7 Å². The third kappa shape index (κ3) is 4.06. The second-order valence-electron chi connectivity index (χ2n) is 6.70. The minimum absolute atomic E-state index is 1.01. The average molecular weight is 432 g/mol. The fourth-order valence-electron chi connectivity index (χ4n) is 3.41. The SMILES string of the molecule is Cc1cc(CN2CCN(Cc3sccc3Br)CC2)ccc1-n1cncn1. The fourth-order valence-corrected chi connectivity index (χ4v) is 4.93. The summed E-state index contributed by atoms with van der Waals surface area (Å²) < 4.78 is 3.06. The molecule has 3 heterocycles. The van der Waals surface area contributed by atoms with Crippen molar-refractivity contribution in [2.45, 2.75) is 20.0 Å². The number of aryl methyl sites for hydroxylation is 1. The van der Waals surface area contributed by atoms with Crippen molar-refractivity contribution in [1.82, 2.24) is 24.6 Å². The summed E-state index contributed by atoms with van der Waals surface area (Å²) in [4.78, 5) is 10.6. The van der Waals surface area contributed by atoms with E-state index in [1.165, 1.54) is 20.5 Å². The molecule has 4 rings (SSSR count). The molecule has 0 aliphatic carbocycles. The van der Waals surface area contributed by atoms with Crippen LogP contribution in [0.15, 0.2) is 46.8 Å². The molecule has 0 unspecified atom stereocenters.